The SMILES string of the molecule is CCCCCCC(C)c1ccc(OCC(=O)O)cc1. The van der Waals surface area contributed by atoms with Gasteiger partial charge in [-0.2, -0.15) is 0 Å². The highest BCUT2D eigenvalue weighted by Crippen LogP contribution is 2.24. The van der Waals surface area contributed by atoms with Gasteiger partial charge in [0.1, 0.15) is 5.75 Å². The van der Waals surface area contributed by atoms with Crippen LogP contribution in [0.15, 0.2) is 24.3 Å². The number of aliphatic carboxylic acids is 1. The van der Waals surface area contributed by atoms with Crippen LogP contribution in [0.5, 0.6) is 5.75 Å². The molecular weight excluding hydrogens is 240 g/mol. The van der Waals surface area contributed by atoms with Gasteiger partial charge in [-0.1, -0.05) is 51.7 Å². The second-order valence-corrected chi connectivity index (χ2v) is 5.00. The highest BCUT2D eigenvalue weighted by Gasteiger charge is 2.06. The zero-order chi connectivity index (χ0) is 14.1. The predicted molar refractivity (Wildman–Crippen MR) is 76.7 cm³/mol. The minimum atomic E-state index is -0.951. The predicted octanol–water partition coefficient (Wildman–Crippen LogP) is 4.22. The molecule has 0 spiro atoms. The van der Waals surface area contributed by atoms with Gasteiger partial charge in [0.25, 0.3) is 0 Å². The van der Waals surface area contributed by atoms with Crippen molar-refractivity contribution in [1.82, 2.24) is 0 Å². The fourth-order valence-corrected chi connectivity index (χ4v) is 2.08. The molecule has 1 unspecified atom stereocenters. The number of benzene rings is 1. The van der Waals surface area contributed by atoms with Gasteiger partial charge < -0.3 is 9.84 Å². The number of hydrogen-bond acceptors (Lipinski definition) is 2. The number of carboxylic acid groups (broad SMARTS) is 1. The van der Waals surface area contributed by atoms with Crippen LogP contribution in [0.25, 0.3) is 0 Å². The van der Waals surface area contributed by atoms with Crippen molar-refractivity contribution >= 4 is 5.97 Å². The summed E-state index contributed by atoms with van der Waals surface area (Å²) in [6.07, 6.45) is 6.36. The first-order chi connectivity index (χ1) is 9.13. The molecule has 0 heterocycles. The Morgan fingerprint density at radius 1 is 1.21 bits per heavy atom. The Hall–Kier alpha value is -1.51. The van der Waals surface area contributed by atoms with E-state index in [0.717, 1.165) is 0 Å². The molecular formula is C16H24O3. The molecule has 1 rings (SSSR count). The van der Waals surface area contributed by atoms with Gasteiger partial charge in [0.15, 0.2) is 6.61 Å². The van der Waals surface area contributed by atoms with Crippen molar-refractivity contribution < 1.29 is 14.6 Å². The van der Waals surface area contributed by atoms with E-state index in [1.165, 1.54) is 37.7 Å². The second kappa shape index (κ2) is 8.57. The number of rotatable bonds is 9. The molecule has 3 heteroatoms. The maximum atomic E-state index is 10.4. The van der Waals surface area contributed by atoms with Gasteiger partial charge in [-0.05, 0) is 30.0 Å². The highest BCUT2D eigenvalue weighted by atomic mass is 16.5. The van der Waals surface area contributed by atoms with Gasteiger partial charge in [-0.3, -0.25) is 0 Å². The number of hydrogen-bond donors (Lipinski definition) is 1. The molecule has 0 amide bonds. The first kappa shape index (κ1) is 15.5. The van der Waals surface area contributed by atoms with Gasteiger partial charge in [0.2, 0.25) is 0 Å². The minimum absolute atomic E-state index is 0.286. The smallest absolute Gasteiger partial charge is 0.341 e. The van der Waals surface area contributed by atoms with E-state index in [2.05, 4.69) is 13.8 Å². The van der Waals surface area contributed by atoms with Gasteiger partial charge >= 0.3 is 5.97 Å². The lowest BCUT2D eigenvalue weighted by molar-refractivity contribution is -0.139. The summed E-state index contributed by atoms with van der Waals surface area (Å²) in [7, 11) is 0. The third-order valence-electron chi connectivity index (χ3n) is 3.30. The van der Waals surface area contributed by atoms with Gasteiger partial charge in [-0.15, -0.1) is 0 Å². The van der Waals surface area contributed by atoms with E-state index in [-0.39, 0.29) is 6.61 Å². The molecule has 0 aliphatic carbocycles. The van der Waals surface area contributed by atoms with Crippen LogP contribution in [-0.4, -0.2) is 17.7 Å². The van der Waals surface area contributed by atoms with Crippen molar-refractivity contribution in [1.29, 1.82) is 0 Å². The van der Waals surface area contributed by atoms with Crippen molar-refractivity contribution in [3.05, 3.63) is 29.8 Å². The molecule has 106 valence electrons. The monoisotopic (exact) mass is 264 g/mol. The number of carboxylic acids is 1. The zero-order valence-corrected chi connectivity index (χ0v) is 11.9. The number of carbonyl (C=O) groups is 1. The standard InChI is InChI=1S/C16H24O3/c1-3-4-5-6-7-13(2)14-8-10-15(11-9-14)19-12-16(17)18/h8-11,13H,3-7,12H2,1-2H3,(H,17,18). The lowest BCUT2D eigenvalue weighted by Crippen LogP contribution is -2.09. The minimum Gasteiger partial charge on any atom is -0.482 e. The first-order valence-electron chi connectivity index (χ1n) is 7.08. The lowest BCUT2D eigenvalue weighted by atomic mass is 9.95. The van der Waals surface area contributed by atoms with Crippen molar-refractivity contribution in [2.45, 2.75) is 51.9 Å². The Morgan fingerprint density at radius 2 is 1.89 bits per heavy atom. The topological polar surface area (TPSA) is 46.5 Å². The second-order valence-electron chi connectivity index (χ2n) is 5.00. The zero-order valence-electron chi connectivity index (χ0n) is 11.9. The molecule has 1 N–H and O–H groups in total. The quantitative estimate of drug-likeness (QED) is 0.679. The molecule has 0 radical (unpaired) electrons. The first-order valence-corrected chi connectivity index (χ1v) is 7.08. The van der Waals surface area contributed by atoms with Crippen LogP contribution in [0, 0.1) is 0 Å². The molecule has 0 saturated heterocycles. The molecule has 1 aromatic rings. The summed E-state index contributed by atoms with van der Waals surface area (Å²) in [5.41, 5.74) is 1.29. The van der Waals surface area contributed by atoms with Crippen molar-refractivity contribution in [3.8, 4) is 5.75 Å². The van der Waals surface area contributed by atoms with E-state index in [9.17, 15) is 4.79 Å². The van der Waals surface area contributed by atoms with E-state index >= 15 is 0 Å². The summed E-state index contributed by atoms with van der Waals surface area (Å²) in [4.78, 5) is 10.4. The summed E-state index contributed by atoms with van der Waals surface area (Å²) in [5.74, 6) is 0.211. The molecule has 0 bridgehead atoms. The molecule has 0 aromatic heterocycles. The summed E-state index contributed by atoms with van der Waals surface area (Å²) >= 11 is 0. The van der Waals surface area contributed by atoms with E-state index < -0.39 is 5.97 Å². The summed E-state index contributed by atoms with van der Waals surface area (Å²) in [6.45, 7) is 4.17. The van der Waals surface area contributed by atoms with E-state index in [1.54, 1.807) is 0 Å². The normalized spacial score (nSPS) is 12.1. The Balaban J connectivity index is 2.39. The molecule has 19 heavy (non-hydrogen) atoms. The number of unbranched alkanes of at least 4 members (excludes halogenated alkanes) is 3. The molecule has 3 nitrogen and oxygen atoms in total. The Kier molecular flexibility index (Phi) is 7.01. The largest absolute Gasteiger partial charge is 0.482 e. The van der Waals surface area contributed by atoms with Crippen LogP contribution in [0.3, 0.4) is 0 Å². The van der Waals surface area contributed by atoms with E-state index in [1.807, 2.05) is 24.3 Å². The Bertz CT molecular complexity index is 370. The molecule has 0 saturated carbocycles. The maximum Gasteiger partial charge on any atom is 0.341 e. The molecule has 0 fully saturated rings. The fraction of sp³-hybridized carbons (Fsp3) is 0.562. The van der Waals surface area contributed by atoms with Gasteiger partial charge in [0.05, 0.1) is 0 Å². The third-order valence-corrected chi connectivity index (χ3v) is 3.30. The average Bonchev–Trinajstić information content (AvgIpc) is 2.41. The molecule has 1 aromatic carbocycles. The summed E-state index contributed by atoms with van der Waals surface area (Å²) in [5, 5.41) is 8.53. The highest BCUT2D eigenvalue weighted by molar-refractivity contribution is 5.68. The van der Waals surface area contributed by atoms with Crippen molar-refractivity contribution in [2.75, 3.05) is 6.61 Å². The fourth-order valence-electron chi connectivity index (χ4n) is 2.08. The van der Waals surface area contributed by atoms with E-state index in [4.69, 9.17) is 9.84 Å². The summed E-state index contributed by atoms with van der Waals surface area (Å²) < 4.78 is 5.12. The van der Waals surface area contributed by atoms with Crippen molar-refractivity contribution in [2.24, 2.45) is 0 Å². The van der Waals surface area contributed by atoms with Crippen LogP contribution < -0.4 is 4.74 Å². The molecule has 1 atom stereocenters. The summed E-state index contributed by atoms with van der Waals surface area (Å²) in [6, 6.07) is 7.75. The van der Waals surface area contributed by atoms with Gasteiger partial charge in [0, 0.05) is 0 Å². The number of ether oxygens (including phenoxy) is 1. The third kappa shape index (κ3) is 6.27. The Labute approximate surface area is 115 Å². The van der Waals surface area contributed by atoms with Crippen LogP contribution in [0.1, 0.15) is 57.4 Å². The maximum absolute atomic E-state index is 10.4. The molecule has 0 aliphatic rings. The van der Waals surface area contributed by atoms with E-state index in [0.29, 0.717) is 11.7 Å². The van der Waals surface area contributed by atoms with Gasteiger partial charge in [-0.25, -0.2) is 4.79 Å². The van der Waals surface area contributed by atoms with Crippen LogP contribution in [0.2, 0.25) is 0 Å². The van der Waals surface area contributed by atoms with Crippen LogP contribution >= 0.6 is 0 Å². The van der Waals surface area contributed by atoms with Crippen molar-refractivity contribution in [3.63, 3.8) is 0 Å². The van der Waals surface area contributed by atoms with Crippen LogP contribution in [-0.2, 0) is 4.79 Å². The lowest BCUT2D eigenvalue weighted by Gasteiger charge is -2.12. The van der Waals surface area contributed by atoms with Crippen LogP contribution in [0.4, 0.5) is 0 Å². The molecule has 0 aliphatic heterocycles. The average molecular weight is 264 g/mol. The Morgan fingerprint density at radius 3 is 2.47 bits per heavy atom.